The molecule has 6 nitrogen and oxygen atoms in total. The maximum absolute atomic E-state index is 14.3. The molecular formula is C18H12F6N2O4S. The molecule has 0 fully saturated rings. The number of hydrogen-bond acceptors (Lipinski definition) is 5. The van der Waals surface area contributed by atoms with Gasteiger partial charge in [-0.3, -0.25) is 0 Å². The molecule has 0 bridgehead atoms. The number of benzene rings is 2. The Balaban J connectivity index is 2.16. The number of ether oxygens (including phenoxy) is 1. The number of nitrogens with two attached hydrogens (primary N) is 1. The van der Waals surface area contributed by atoms with Crippen LogP contribution in [0.15, 0.2) is 39.8 Å². The first kappa shape index (κ1) is 22.6. The van der Waals surface area contributed by atoms with E-state index in [1.54, 1.807) is 0 Å². The van der Waals surface area contributed by atoms with E-state index in [9.17, 15) is 34.8 Å². The van der Waals surface area contributed by atoms with Gasteiger partial charge in [0.2, 0.25) is 10.0 Å². The highest BCUT2D eigenvalue weighted by molar-refractivity contribution is 7.89. The molecule has 3 rings (SSSR count). The smallest absolute Gasteiger partial charge is 0.406 e. The Morgan fingerprint density at radius 3 is 2.19 bits per heavy atom. The van der Waals surface area contributed by atoms with Crippen LogP contribution in [0.2, 0.25) is 0 Å². The molecule has 0 saturated carbocycles. The molecule has 0 radical (unpaired) electrons. The number of nitrogens with zero attached hydrogens (tertiary/aromatic N) is 1. The lowest BCUT2D eigenvalue weighted by molar-refractivity contribution is -0.274. The van der Waals surface area contributed by atoms with Crippen LogP contribution in [0.1, 0.15) is 11.3 Å². The normalized spacial score (nSPS) is 12.3. The third-order valence-corrected chi connectivity index (χ3v) is 5.09. The minimum absolute atomic E-state index is 0.0347. The van der Waals surface area contributed by atoms with E-state index in [0.29, 0.717) is 12.1 Å². The summed E-state index contributed by atoms with van der Waals surface area (Å²) >= 11 is 0. The quantitative estimate of drug-likeness (QED) is 0.554. The summed E-state index contributed by atoms with van der Waals surface area (Å²) in [6, 6.07) is 4.56. The van der Waals surface area contributed by atoms with Gasteiger partial charge in [-0.1, -0.05) is 5.16 Å². The summed E-state index contributed by atoms with van der Waals surface area (Å²) in [7, 11) is -4.72. The minimum atomic E-state index is -4.92. The Labute approximate surface area is 171 Å². The highest BCUT2D eigenvalue weighted by atomic mass is 32.2. The summed E-state index contributed by atoms with van der Waals surface area (Å²) < 4.78 is 111. The fourth-order valence-corrected chi connectivity index (χ4v) is 3.58. The molecule has 3 aromatic rings. The van der Waals surface area contributed by atoms with Gasteiger partial charge in [-0.05, 0) is 48.4 Å². The summed E-state index contributed by atoms with van der Waals surface area (Å²) in [4.78, 5) is -1.37. The maximum Gasteiger partial charge on any atom is 0.573 e. The number of sulfonamides is 1. The van der Waals surface area contributed by atoms with Crippen molar-refractivity contribution in [3.63, 3.8) is 0 Å². The van der Waals surface area contributed by atoms with E-state index >= 15 is 0 Å². The van der Waals surface area contributed by atoms with Gasteiger partial charge in [0.25, 0.3) is 0 Å². The van der Waals surface area contributed by atoms with Crippen molar-refractivity contribution >= 4 is 10.0 Å². The molecule has 31 heavy (non-hydrogen) atoms. The number of halogens is 6. The minimum Gasteiger partial charge on any atom is -0.406 e. The van der Waals surface area contributed by atoms with Gasteiger partial charge in [-0.25, -0.2) is 26.7 Å². The van der Waals surface area contributed by atoms with Crippen molar-refractivity contribution in [2.24, 2.45) is 5.14 Å². The van der Waals surface area contributed by atoms with Gasteiger partial charge in [0.15, 0.2) is 17.3 Å². The van der Waals surface area contributed by atoms with Gasteiger partial charge < -0.3 is 9.26 Å². The Morgan fingerprint density at radius 1 is 1.10 bits per heavy atom. The first-order valence-electron chi connectivity index (χ1n) is 8.25. The Bertz CT molecular complexity index is 1230. The highest BCUT2D eigenvalue weighted by Crippen LogP contribution is 2.38. The molecule has 0 aliphatic rings. The molecule has 166 valence electrons. The van der Waals surface area contributed by atoms with Crippen LogP contribution in [0.4, 0.5) is 26.3 Å². The Morgan fingerprint density at radius 2 is 1.71 bits per heavy atom. The first-order chi connectivity index (χ1) is 14.3. The third-order valence-electron chi connectivity index (χ3n) is 4.13. The second-order valence-electron chi connectivity index (χ2n) is 6.31. The lowest BCUT2D eigenvalue weighted by Gasteiger charge is -2.12. The van der Waals surface area contributed by atoms with E-state index < -0.39 is 51.1 Å². The van der Waals surface area contributed by atoms with Crippen LogP contribution in [0.5, 0.6) is 5.75 Å². The molecule has 1 aromatic heterocycles. The van der Waals surface area contributed by atoms with Gasteiger partial charge in [0.1, 0.15) is 23.1 Å². The van der Waals surface area contributed by atoms with E-state index in [-0.39, 0.29) is 27.9 Å². The third kappa shape index (κ3) is 4.66. The fourth-order valence-electron chi connectivity index (χ4n) is 2.92. The fraction of sp³-hybridized carbons (Fsp3) is 0.167. The van der Waals surface area contributed by atoms with Crippen LogP contribution < -0.4 is 9.88 Å². The summed E-state index contributed by atoms with van der Waals surface area (Å²) in [6.07, 6.45) is -4.92. The molecular weight excluding hydrogens is 454 g/mol. The summed E-state index contributed by atoms with van der Waals surface area (Å²) in [5.41, 5.74) is -0.518. The van der Waals surface area contributed by atoms with Gasteiger partial charge in [-0.2, -0.15) is 0 Å². The Kier molecular flexibility index (Phi) is 5.76. The standard InChI is InChI=1S/C18H12F6N2O4S/c1-8-4-9(2-3-13(8)29-18(22,23)24)16-15(14(7-19)30-26-16)10-5-11(20)17(12(21)6-10)31(25,27)28/h2-6H,7H2,1H3,(H2,25,27,28). The number of aryl methyl sites for hydroxylation is 1. The van der Waals surface area contributed by atoms with Gasteiger partial charge in [0, 0.05) is 5.56 Å². The molecule has 0 spiro atoms. The summed E-state index contributed by atoms with van der Waals surface area (Å²) in [5, 5.41) is 8.43. The zero-order valence-corrected chi connectivity index (χ0v) is 16.2. The van der Waals surface area contributed by atoms with E-state index in [4.69, 9.17) is 9.66 Å². The number of primary sulfonamides is 1. The first-order valence-corrected chi connectivity index (χ1v) is 9.80. The van der Waals surface area contributed by atoms with Crippen molar-refractivity contribution in [1.29, 1.82) is 0 Å². The zero-order chi connectivity index (χ0) is 23.1. The van der Waals surface area contributed by atoms with Crippen molar-refractivity contribution in [3.8, 4) is 28.1 Å². The molecule has 0 atom stereocenters. The number of alkyl halides is 4. The number of aromatic nitrogens is 1. The van der Waals surface area contributed by atoms with E-state index in [1.807, 2.05) is 0 Å². The summed E-state index contributed by atoms with van der Waals surface area (Å²) in [6.45, 7) is 0.0669. The van der Waals surface area contributed by atoms with Crippen LogP contribution in [0.25, 0.3) is 22.4 Å². The van der Waals surface area contributed by atoms with Crippen molar-refractivity contribution < 1.29 is 44.0 Å². The maximum atomic E-state index is 14.3. The molecule has 2 N–H and O–H groups in total. The van der Waals surface area contributed by atoms with Crippen molar-refractivity contribution in [2.45, 2.75) is 24.9 Å². The van der Waals surface area contributed by atoms with Crippen molar-refractivity contribution in [2.75, 3.05) is 0 Å². The van der Waals surface area contributed by atoms with Crippen LogP contribution in [0, 0.1) is 18.6 Å². The number of rotatable bonds is 5. The molecule has 13 heteroatoms. The second-order valence-corrected chi connectivity index (χ2v) is 7.80. The van der Waals surface area contributed by atoms with Crippen LogP contribution in [0.3, 0.4) is 0 Å². The molecule has 0 aliphatic carbocycles. The Hall–Kier alpha value is -3.06. The van der Waals surface area contributed by atoms with Gasteiger partial charge in [-0.15, -0.1) is 13.2 Å². The van der Waals surface area contributed by atoms with Gasteiger partial charge in [0.05, 0.1) is 5.56 Å². The number of hydrogen-bond donors (Lipinski definition) is 1. The molecule has 0 aliphatic heterocycles. The monoisotopic (exact) mass is 466 g/mol. The van der Waals surface area contributed by atoms with Crippen LogP contribution in [-0.4, -0.2) is 19.9 Å². The largest absolute Gasteiger partial charge is 0.573 e. The molecule has 0 amide bonds. The van der Waals surface area contributed by atoms with E-state index in [0.717, 1.165) is 12.1 Å². The molecule has 0 unspecified atom stereocenters. The lowest BCUT2D eigenvalue weighted by Crippen LogP contribution is -2.17. The van der Waals surface area contributed by atoms with Crippen molar-refractivity contribution in [3.05, 3.63) is 53.3 Å². The predicted molar refractivity (Wildman–Crippen MR) is 94.9 cm³/mol. The van der Waals surface area contributed by atoms with E-state index in [2.05, 4.69) is 9.89 Å². The van der Waals surface area contributed by atoms with Crippen LogP contribution in [-0.2, 0) is 16.7 Å². The van der Waals surface area contributed by atoms with Gasteiger partial charge >= 0.3 is 6.36 Å². The molecule has 1 heterocycles. The van der Waals surface area contributed by atoms with Crippen LogP contribution >= 0.6 is 0 Å². The molecule has 2 aromatic carbocycles. The average molecular weight is 466 g/mol. The second kappa shape index (κ2) is 7.89. The van der Waals surface area contributed by atoms with Crippen molar-refractivity contribution in [1.82, 2.24) is 5.16 Å². The lowest BCUT2D eigenvalue weighted by atomic mass is 9.98. The SMILES string of the molecule is Cc1cc(-c2noc(CF)c2-c2cc(F)c(S(N)(=O)=O)c(F)c2)ccc1OC(F)(F)F. The highest BCUT2D eigenvalue weighted by Gasteiger charge is 2.32. The predicted octanol–water partition coefficient (Wildman–Crippen LogP) is 4.61. The molecule has 0 saturated heterocycles. The topological polar surface area (TPSA) is 95.4 Å². The zero-order valence-electron chi connectivity index (χ0n) is 15.4. The van der Waals surface area contributed by atoms with E-state index in [1.165, 1.54) is 13.0 Å². The average Bonchev–Trinajstić information content (AvgIpc) is 3.04. The summed E-state index contributed by atoms with van der Waals surface area (Å²) in [5.74, 6) is -3.99.